The molecule has 2 aromatic carbocycles. The van der Waals surface area contributed by atoms with E-state index in [0.29, 0.717) is 24.5 Å². The largest absolute Gasteiger partial charge is 0.373 e. The summed E-state index contributed by atoms with van der Waals surface area (Å²) < 4.78 is 7.68. The number of nitrogens with one attached hydrogen (secondary N) is 1. The second-order valence-electron chi connectivity index (χ2n) is 7.07. The highest BCUT2D eigenvalue weighted by Crippen LogP contribution is 2.30. The molecule has 1 aromatic heterocycles. The molecule has 1 unspecified atom stereocenters. The molecule has 1 aliphatic heterocycles. The highest BCUT2D eigenvalue weighted by molar-refractivity contribution is 5.77. The van der Waals surface area contributed by atoms with Gasteiger partial charge in [0, 0.05) is 0 Å². The van der Waals surface area contributed by atoms with Crippen LogP contribution in [0.4, 0.5) is 0 Å². The molecule has 4 rings (SSSR count). The van der Waals surface area contributed by atoms with Crippen LogP contribution in [0, 0.1) is 5.92 Å². The lowest BCUT2D eigenvalue weighted by Crippen LogP contribution is -2.31. The summed E-state index contributed by atoms with van der Waals surface area (Å²) in [5.41, 5.74) is 1.87. The Hall–Kier alpha value is -2.50. The van der Waals surface area contributed by atoms with Crippen LogP contribution in [-0.2, 0) is 11.3 Å². The smallest absolute Gasteiger partial charge is 0.262 e. The fraction of sp³-hybridized carbons (Fsp3) is 0.333. The van der Waals surface area contributed by atoms with E-state index in [1.165, 1.54) is 0 Å². The van der Waals surface area contributed by atoms with E-state index >= 15 is 0 Å². The van der Waals surface area contributed by atoms with Gasteiger partial charge < -0.3 is 4.74 Å². The second kappa shape index (κ2) is 7.02. The third kappa shape index (κ3) is 3.04. The number of hydrogen-bond donors (Lipinski definition) is 1. The Kier molecular flexibility index (Phi) is 4.57. The van der Waals surface area contributed by atoms with Crippen molar-refractivity contribution in [3.8, 4) is 0 Å². The molecule has 5 nitrogen and oxygen atoms in total. The number of rotatable bonds is 5. The summed E-state index contributed by atoms with van der Waals surface area (Å²) in [5.74, 6) is 1.13. The number of ether oxygens (including phenoxy) is 1. The molecule has 1 aliphatic rings. The van der Waals surface area contributed by atoms with Gasteiger partial charge in [-0.25, -0.2) is 4.98 Å². The Labute approximate surface area is 152 Å². The van der Waals surface area contributed by atoms with Crippen LogP contribution < -0.4 is 10.9 Å². The monoisotopic (exact) mass is 349 g/mol. The van der Waals surface area contributed by atoms with Crippen LogP contribution in [0.5, 0.6) is 0 Å². The van der Waals surface area contributed by atoms with Crippen molar-refractivity contribution in [1.82, 2.24) is 14.9 Å². The van der Waals surface area contributed by atoms with E-state index in [1.807, 2.05) is 54.6 Å². The Morgan fingerprint density at radius 3 is 2.62 bits per heavy atom. The first-order chi connectivity index (χ1) is 12.6. The summed E-state index contributed by atoms with van der Waals surface area (Å²) in [4.78, 5) is 17.8. The number of nitrogens with zero attached hydrogens (tertiary/aromatic N) is 2. The van der Waals surface area contributed by atoms with Crippen molar-refractivity contribution in [1.29, 1.82) is 0 Å². The standard InChI is InChI=1S/C21H23N3O2/c1-14(2)19-20-22-17-11-7-6-10-16(17)21(25)24(20)18(23-19)13-26-12-15-8-4-3-5-9-15/h3-11,14,18-19,23H,12-13H2,1-2H3/t18?,19-/m0/s1. The molecule has 1 N–H and O–H groups in total. The van der Waals surface area contributed by atoms with Gasteiger partial charge in [0.25, 0.3) is 5.56 Å². The Morgan fingerprint density at radius 1 is 1.12 bits per heavy atom. The second-order valence-corrected chi connectivity index (χ2v) is 7.07. The zero-order chi connectivity index (χ0) is 18.1. The van der Waals surface area contributed by atoms with Gasteiger partial charge >= 0.3 is 0 Å². The molecular weight excluding hydrogens is 326 g/mol. The minimum absolute atomic E-state index is 0.00504. The SMILES string of the molecule is CC(C)[C@@H]1NC(COCc2ccccc2)n2c1nc1ccccc1c2=O. The van der Waals surface area contributed by atoms with Crippen LogP contribution in [0.25, 0.3) is 10.9 Å². The predicted octanol–water partition coefficient (Wildman–Crippen LogP) is 3.41. The topological polar surface area (TPSA) is 56.1 Å². The number of hydrogen-bond acceptors (Lipinski definition) is 4. The highest BCUT2D eigenvalue weighted by Gasteiger charge is 2.34. The first-order valence-electron chi connectivity index (χ1n) is 9.04. The maximum atomic E-state index is 13.1. The lowest BCUT2D eigenvalue weighted by Gasteiger charge is -2.16. The molecule has 0 aliphatic carbocycles. The molecule has 0 fully saturated rings. The van der Waals surface area contributed by atoms with E-state index in [0.717, 1.165) is 16.9 Å². The average Bonchev–Trinajstić information content (AvgIpc) is 3.02. The van der Waals surface area contributed by atoms with Crippen molar-refractivity contribution in [2.45, 2.75) is 32.7 Å². The van der Waals surface area contributed by atoms with Crippen molar-refractivity contribution in [2.24, 2.45) is 5.92 Å². The van der Waals surface area contributed by atoms with Gasteiger partial charge in [-0.15, -0.1) is 0 Å². The lowest BCUT2D eigenvalue weighted by atomic mass is 10.0. The molecular formula is C21H23N3O2. The molecule has 0 saturated carbocycles. The normalized spacial score (nSPS) is 19.2. The van der Waals surface area contributed by atoms with Crippen LogP contribution >= 0.6 is 0 Å². The van der Waals surface area contributed by atoms with Gasteiger partial charge in [-0.3, -0.25) is 14.7 Å². The molecule has 0 radical (unpaired) electrons. The first kappa shape index (κ1) is 16.9. The van der Waals surface area contributed by atoms with Gasteiger partial charge in [-0.2, -0.15) is 0 Å². The number of fused-ring (bicyclic) bond motifs is 2. The van der Waals surface area contributed by atoms with Crippen LogP contribution in [0.15, 0.2) is 59.4 Å². The summed E-state index contributed by atoms with van der Waals surface area (Å²) in [6.45, 7) is 5.22. The number of benzene rings is 2. The molecule has 2 heterocycles. The Morgan fingerprint density at radius 2 is 1.85 bits per heavy atom. The molecule has 5 heteroatoms. The van der Waals surface area contributed by atoms with Gasteiger partial charge in [0.15, 0.2) is 0 Å². The average molecular weight is 349 g/mol. The number of para-hydroxylation sites is 1. The maximum Gasteiger partial charge on any atom is 0.262 e. The van der Waals surface area contributed by atoms with E-state index in [-0.39, 0.29) is 17.8 Å². The van der Waals surface area contributed by atoms with E-state index in [9.17, 15) is 4.79 Å². The molecule has 2 atom stereocenters. The van der Waals surface area contributed by atoms with E-state index < -0.39 is 0 Å². The fourth-order valence-electron chi connectivity index (χ4n) is 3.52. The van der Waals surface area contributed by atoms with Gasteiger partial charge in [-0.05, 0) is 23.6 Å². The summed E-state index contributed by atoms with van der Waals surface area (Å²) >= 11 is 0. The van der Waals surface area contributed by atoms with Gasteiger partial charge in [0.05, 0.1) is 30.2 Å². The summed E-state index contributed by atoms with van der Waals surface area (Å²) in [7, 11) is 0. The van der Waals surface area contributed by atoms with Crippen LogP contribution in [0.2, 0.25) is 0 Å². The highest BCUT2D eigenvalue weighted by atomic mass is 16.5. The van der Waals surface area contributed by atoms with Crippen molar-refractivity contribution >= 4 is 10.9 Å². The molecule has 0 amide bonds. The maximum absolute atomic E-state index is 13.1. The third-order valence-electron chi connectivity index (χ3n) is 4.85. The zero-order valence-corrected chi connectivity index (χ0v) is 15.1. The van der Waals surface area contributed by atoms with Gasteiger partial charge in [0.2, 0.25) is 0 Å². The molecule has 0 bridgehead atoms. The van der Waals surface area contributed by atoms with Crippen molar-refractivity contribution in [2.75, 3.05) is 6.61 Å². The minimum Gasteiger partial charge on any atom is -0.373 e. The van der Waals surface area contributed by atoms with E-state index in [1.54, 1.807) is 4.57 Å². The quantitative estimate of drug-likeness (QED) is 0.767. The molecule has 134 valence electrons. The van der Waals surface area contributed by atoms with E-state index in [4.69, 9.17) is 9.72 Å². The van der Waals surface area contributed by atoms with E-state index in [2.05, 4.69) is 19.2 Å². The van der Waals surface area contributed by atoms with Crippen LogP contribution in [0.3, 0.4) is 0 Å². The van der Waals surface area contributed by atoms with Gasteiger partial charge in [-0.1, -0.05) is 56.3 Å². The fourth-order valence-corrected chi connectivity index (χ4v) is 3.52. The Bertz CT molecular complexity index is 966. The Balaban J connectivity index is 1.64. The summed E-state index contributed by atoms with van der Waals surface area (Å²) in [5, 5.41) is 4.18. The van der Waals surface area contributed by atoms with Crippen molar-refractivity contribution in [3.05, 3.63) is 76.3 Å². The molecule has 0 saturated heterocycles. The third-order valence-corrected chi connectivity index (χ3v) is 4.85. The van der Waals surface area contributed by atoms with Crippen LogP contribution in [0.1, 0.15) is 37.4 Å². The lowest BCUT2D eigenvalue weighted by molar-refractivity contribution is 0.0811. The van der Waals surface area contributed by atoms with Crippen molar-refractivity contribution < 1.29 is 4.74 Å². The molecule has 3 aromatic rings. The minimum atomic E-state index is -0.203. The van der Waals surface area contributed by atoms with Crippen molar-refractivity contribution in [3.63, 3.8) is 0 Å². The summed E-state index contributed by atoms with van der Waals surface area (Å²) in [6.07, 6.45) is -0.203. The number of aromatic nitrogens is 2. The first-order valence-corrected chi connectivity index (χ1v) is 9.04. The zero-order valence-electron chi connectivity index (χ0n) is 15.1. The molecule has 0 spiro atoms. The molecule has 26 heavy (non-hydrogen) atoms. The predicted molar refractivity (Wildman–Crippen MR) is 102 cm³/mol. The van der Waals surface area contributed by atoms with Crippen LogP contribution in [-0.4, -0.2) is 16.2 Å². The summed E-state index contributed by atoms with van der Waals surface area (Å²) in [6, 6.07) is 17.6. The van der Waals surface area contributed by atoms with Gasteiger partial charge in [0.1, 0.15) is 12.0 Å².